The standard InChI is InChI=1S/C20H19BrO6/c1-23-11-5-6-13(15(7-11)25-3)18-14(10-21)19-16(26-4)8-12(24-2)9-17(19)27-20(18)22/h5-9H,10H2,1-4H3. The summed E-state index contributed by atoms with van der Waals surface area (Å²) < 4.78 is 27.1. The number of hydrogen-bond donors (Lipinski definition) is 0. The maximum absolute atomic E-state index is 12.9. The molecule has 1 heterocycles. The summed E-state index contributed by atoms with van der Waals surface area (Å²) in [6, 6.07) is 8.69. The monoisotopic (exact) mass is 434 g/mol. The van der Waals surface area contributed by atoms with Gasteiger partial charge >= 0.3 is 5.63 Å². The van der Waals surface area contributed by atoms with Crippen molar-refractivity contribution in [3.05, 3.63) is 46.3 Å². The average Bonchev–Trinajstić information content (AvgIpc) is 2.71. The molecule has 1 aromatic heterocycles. The molecule has 2 aromatic carbocycles. The van der Waals surface area contributed by atoms with Gasteiger partial charge in [-0.1, -0.05) is 15.9 Å². The minimum atomic E-state index is -0.476. The second-order valence-corrected chi connectivity index (χ2v) is 6.21. The summed E-state index contributed by atoms with van der Waals surface area (Å²) in [4.78, 5) is 12.9. The molecule has 0 saturated carbocycles. The van der Waals surface area contributed by atoms with E-state index in [4.69, 9.17) is 23.4 Å². The first kappa shape index (κ1) is 19.1. The molecular formula is C20H19BrO6. The number of hydrogen-bond acceptors (Lipinski definition) is 6. The van der Waals surface area contributed by atoms with Gasteiger partial charge in [-0.25, -0.2) is 4.79 Å². The van der Waals surface area contributed by atoms with Gasteiger partial charge in [0.2, 0.25) is 0 Å². The van der Waals surface area contributed by atoms with E-state index < -0.39 is 5.63 Å². The first-order valence-corrected chi connectivity index (χ1v) is 9.20. The lowest BCUT2D eigenvalue weighted by molar-refractivity contribution is 0.394. The lowest BCUT2D eigenvalue weighted by Crippen LogP contribution is -2.09. The van der Waals surface area contributed by atoms with Gasteiger partial charge in [-0.3, -0.25) is 0 Å². The molecule has 0 saturated heterocycles. The summed E-state index contributed by atoms with van der Waals surface area (Å²) in [5, 5.41) is 1.12. The Morgan fingerprint density at radius 2 is 1.56 bits per heavy atom. The second-order valence-electron chi connectivity index (χ2n) is 5.65. The van der Waals surface area contributed by atoms with Gasteiger partial charge in [-0.2, -0.15) is 0 Å². The van der Waals surface area contributed by atoms with Crippen molar-refractivity contribution in [1.82, 2.24) is 0 Å². The van der Waals surface area contributed by atoms with E-state index in [9.17, 15) is 4.79 Å². The van der Waals surface area contributed by atoms with Crippen molar-refractivity contribution in [3.63, 3.8) is 0 Å². The molecule has 0 aliphatic carbocycles. The summed E-state index contributed by atoms with van der Waals surface area (Å²) >= 11 is 3.50. The van der Waals surface area contributed by atoms with E-state index in [1.165, 1.54) is 0 Å². The molecule has 6 nitrogen and oxygen atoms in total. The molecule has 3 aromatic rings. The number of ether oxygens (including phenoxy) is 4. The van der Waals surface area contributed by atoms with E-state index in [-0.39, 0.29) is 0 Å². The van der Waals surface area contributed by atoms with Crippen molar-refractivity contribution in [2.45, 2.75) is 5.33 Å². The van der Waals surface area contributed by atoms with Crippen molar-refractivity contribution in [1.29, 1.82) is 0 Å². The Morgan fingerprint density at radius 1 is 0.889 bits per heavy atom. The van der Waals surface area contributed by atoms with Gasteiger partial charge in [0.15, 0.2) is 0 Å². The minimum Gasteiger partial charge on any atom is -0.497 e. The fraction of sp³-hybridized carbons (Fsp3) is 0.250. The van der Waals surface area contributed by atoms with E-state index in [1.54, 1.807) is 58.8 Å². The van der Waals surface area contributed by atoms with Gasteiger partial charge < -0.3 is 23.4 Å². The highest BCUT2D eigenvalue weighted by Gasteiger charge is 2.22. The lowest BCUT2D eigenvalue weighted by atomic mass is 9.98. The van der Waals surface area contributed by atoms with Crippen LogP contribution in [0.1, 0.15) is 5.56 Å². The van der Waals surface area contributed by atoms with Crippen LogP contribution in [0.4, 0.5) is 0 Å². The van der Waals surface area contributed by atoms with E-state index in [0.29, 0.717) is 50.4 Å². The Bertz CT molecular complexity index is 1040. The van der Waals surface area contributed by atoms with Crippen LogP contribution in [0.5, 0.6) is 23.0 Å². The van der Waals surface area contributed by atoms with Crippen LogP contribution in [-0.2, 0) is 5.33 Å². The third-order valence-corrected chi connectivity index (χ3v) is 4.88. The van der Waals surface area contributed by atoms with Crippen LogP contribution < -0.4 is 24.6 Å². The molecule has 0 aliphatic rings. The van der Waals surface area contributed by atoms with Crippen LogP contribution >= 0.6 is 15.9 Å². The summed E-state index contributed by atoms with van der Waals surface area (Å²) in [6.07, 6.45) is 0. The zero-order valence-electron chi connectivity index (χ0n) is 15.4. The zero-order chi connectivity index (χ0) is 19.6. The molecule has 142 valence electrons. The van der Waals surface area contributed by atoms with Crippen molar-refractivity contribution in [2.24, 2.45) is 0 Å². The van der Waals surface area contributed by atoms with Gasteiger partial charge in [0.25, 0.3) is 0 Å². The Morgan fingerprint density at radius 3 is 2.15 bits per heavy atom. The van der Waals surface area contributed by atoms with Gasteiger partial charge in [-0.05, 0) is 17.7 Å². The Hall–Kier alpha value is -2.67. The Balaban J connectivity index is 2.41. The van der Waals surface area contributed by atoms with Gasteiger partial charge in [-0.15, -0.1) is 0 Å². The van der Waals surface area contributed by atoms with Crippen molar-refractivity contribution in [3.8, 4) is 34.1 Å². The largest absolute Gasteiger partial charge is 0.497 e. The lowest BCUT2D eigenvalue weighted by Gasteiger charge is -2.16. The van der Waals surface area contributed by atoms with E-state index >= 15 is 0 Å². The molecule has 0 bridgehead atoms. The average molecular weight is 435 g/mol. The molecule has 3 rings (SSSR count). The Kier molecular flexibility index (Phi) is 5.60. The molecule has 27 heavy (non-hydrogen) atoms. The van der Waals surface area contributed by atoms with Crippen molar-refractivity contribution >= 4 is 26.9 Å². The van der Waals surface area contributed by atoms with Crippen LogP contribution in [0.25, 0.3) is 22.1 Å². The van der Waals surface area contributed by atoms with Crippen LogP contribution in [-0.4, -0.2) is 28.4 Å². The number of fused-ring (bicyclic) bond motifs is 1. The molecule has 0 spiro atoms. The first-order chi connectivity index (χ1) is 13.1. The SMILES string of the molecule is COc1ccc(-c2c(CBr)c3c(OC)cc(OC)cc3oc2=O)c(OC)c1. The molecular weight excluding hydrogens is 416 g/mol. The Labute approximate surface area is 164 Å². The third-order valence-electron chi connectivity index (χ3n) is 4.32. The number of alkyl halides is 1. The van der Waals surface area contributed by atoms with E-state index in [2.05, 4.69) is 15.9 Å². The maximum Gasteiger partial charge on any atom is 0.344 e. The van der Waals surface area contributed by atoms with Crippen LogP contribution in [0.3, 0.4) is 0 Å². The highest BCUT2D eigenvalue weighted by Crippen LogP contribution is 2.40. The number of benzene rings is 2. The van der Waals surface area contributed by atoms with Gasteiger partial charge in [0.1, 0.15) is 28.6 Å². The predicted molar refractivity (Wildman–Crippen MR) is 107 cm³/mol. The predicted octanol–water partition coefficient (Wildman–Crippen LogP) is 4.39. The second kappa shape index (κ2) is 7.92. The highest BCUT2D eigenvalue weighted by atomic mass is 79.9. The molecule has 0 N–H and O–H groups in total. The maximum atomic E-state index is 12.9. The molecule has 0 radical (unpaired) electrons. The quantitative estimate of drug-likeness (QED) is 0.423. The number of halogens is 1. The molecule has 0 fully saturated rings. The molecule has 0 atom stereocenters. The topological polar surface area (TPSA) is 67.1 Å². The van der Waals surface area contributed by atoms with Crippen molar-refractivity contribution in [2.75, 3.05) is 28.4 Å². The van der Waals surface area contributed by atoms with Crippen LogP contribution in [0.2, 0.25) is 0 Å². The molecule has 0 aliphatic heterocycles. The van der Waals surface area contributed by atoms with Crippen LogP contribution in [0.15, 0.2) is 39.5 Å². The number of methoxy groups -OCH3 is 4. The zero-order valence-corrected chi connectivity index (χ0v) is 17.0. The normalized spacial score (nSPS) is 10.7. The summed E-state index contributed by atoms with van der Waals surface area (Å²) in [5.74, 6) is 2.23. The van der Waals surface area contributed by atoms with Gasteiger partial charge in [0, 0.05) is 29.1 Å². The van der Waals surface area contributed by atoms with Crippen molar-refractivity contribution < 1.29 is 23.4 Å². The minimum absolute atomic E-state index is 0.391. The van der Waals surface area contributed by atoms with Crippen LogP contribution in [0, 0.1) is 0 Å². The molecule has 7 heteroatoms. The molecule has 0 amide bonds. The molecule has 0 unspecified atom stereocenters. The fourth-order valence-corrected chi connectivity index (χ4v) is 3.59. The summed E-state index contributed by atoms with van der Waals surface area (Å²) in [6.45, 7) is 0. The highest BCUT2D eigenvalue weighted by molar-refractivity contribution is 9.08. The number of rotatable bonds is 6. The summed E-state index contributed by atoms with van der Waals surface area (Å²) in [5.41, 5.74) is 1.67. The fourth-order valence-electron chi connectivity index (χ4n) is 3.03. The summed E-state index contributed by atoms with van der Waals surface area (Å²) in [7, 11) is 6.22. The smallest absolute Gasteiger partial charge is 0.344 e. The first-order valence-electron chi connectivity index (χ1n) is 8.08. The van der Waals surface area contributed by atoms with E-state index in [1.807, 2.05) is 0 Å². The third kappa shape index (κ3) is 3.35. The van der Waals surface area contributed by atoms with Gasteiger partial charge in [0.05, 0.1) is 39.4 Å². The van der Waals surface area contributed by atoms with E-state index in [0.717, 1.165) is 5.56 Å².